The molecule has 0 bridgehead atoms. The molecule has 0 radical (unpaired) electrons. The molecule has 1 heterocycles. The zero-order chi connectivity index (χ0) is 12.3. The van der Waals surface area contributed by atoms with Crippen LogP contribution in [0.4, 0.5) is 0 Å². The summed E-state index contributed by atoms with van der Waals surface area (Å²) < 4.78 is 5.68. The second-order valence-corrected chi connectivity index (χ2v) is 6.37. The molecule has 17 heavy (non-hydrogen) atoms. The molecular formula is C15H28O2. The Bertz CT molecular complexity index is 221. The van der Waals surface area contributed by atoms with Crippen molar-refractivity contribution in [1.29, 1.82) is 0 Å². The maximum atomic E-state index is 9.84. The van der Waals surface area contributed by atoms with Crippen molar-refractivity contribution >= 4 is 0 Å². The summed E-state index contributed by atoms with van der Waals surface area (Å²) in [7, 11) is 0. The molecular weight excluding hydrogens is 212 g/mol. The van der Waals surface area contributed by atoms with E-state index < -0.39 is 6.29 Å². The van der Waals surface area contributed by atoms with Gasteiger partial charge in [-0.2, -0.15) is 0 Å². The number of aliphatic hydroxyl groups is 1. The first kappa shape index (κ1) is 13.4. The van der Waals surface area contributed by atoms with Gasteiger partial charge in [0.05, 0.1) is 6.10 Å². The summed E-state index contributed by atoms with van der Waals surface area (Å²) in [6.07, 6.45) is 10.5. The first-order valence-electron chi connectivity index (χ1n) is 7.50. The molecule has 3 atom stereocenters. The van der Waals surface area contributed by atoms with Crippen molar-refractivity contribution in [3.05, 3.63) is 0 Å². The molecule has 2 heteroatoms. The van der Waals surface area contributed by atoms with Crippen molar-refractivity contribution in [3.8, 4) is 0 Å². The summed E-state index contributed by atoms with van der Waals surface area (Å²) >= 11 is 0. The van der Waals surface area contributed by atoms with E-state index in [9.17, 15) is 5.11 Å². The summed E-state index contributed by atoms with van der Waals surface area (Å²) in [4.78, 5) is 0. The topological polar surface area (TPSA) is 29.5 Å². The molecule has 1 saturated heterocycles. The van der Waals surface area contributed by atoms with Crippen molar-refractivity contribution in [2.45, 2.75) is 77.6 Å². The molecule has 2 fully saturated rings. The van der Waals surface area contributed by atoms with Crippen molar-refractivity contribution in [2.24, 2.45) is 17.8 Å². The minimum absolute atomic E-state index is 0.319. The minimum atomic E-state index is -0.508. The average molecular weight is 240 g/mol. The third-order valence-electron chi connectivity index (χ3n) is 4.71. The Labute approximate surface area is 106 Å². The molecule has 1 unspecified atom stereocenters. The minimum Gasteiger partial charge on any atom is -0.368 e. The van der Waals surface area contributed by atoms with E-state index >= 15 is 0 Å². The predicted molar refractivity (Wildman–Crippen MR) is 69.6 cm³/mol. The normalized spacial score (nSPS) is 35.6. The standard InChI is InChI=1S/C15H28O2/c1-11(2)14-10-13(17-15(14)16)9-8-12-6-4-3-5-7-12/h11-16H,3-10H2,1-2H3/t13-,14+,15?/m1/s1. The fourth-order valence-electron chi connectivity index (χ4n) is 3.46. The van der Waals surface area contributed by atoms with Crippen LogP contribution in [0.2, 0.25) is 0 Å². The highest BCUT2D eigenvalue weighted by molar-refractivity contribution is 4.79. The summed E-state index contributed by atoms with van der Waals surface area (Å²) in [6.45, 7) is 4.36. The van der Waals surface area contributed by atoms with Gasteiger partial charge in [0.2, 0.25) is 0 Å². The molecule has 0 amide bonds. The van der Waals surface area contributed by atoms with E-state index in [1.54, 1.807) is 0 Å². The van der Waals surface area contributed by atoms with Crippen molar-refractivity contribution < 1.29 is 9.84 Å². The van der Waals surface area contributed by atoms with E-state index in [-0.39, 0.29) is 0 Å². The SMILES string of the molecule is CC(C)[C@@H]1C[C@@H](CCC2CCCCC2)OC1O. The van der Waals surface area contributed by atoms with E-state index in [2.05, 4.69) is 13.8 Å². The third-order valence-corrected chi connectivity index (χ3v) is 4.71. The average Bonchev–Trinajstić information content (AvgIpc) is 2.69. The third kappa shape index (κ3) is 3.69. The quantitative estimate of drug-likeness (QED) is 0.811. The van der Waals surface area contributed by atoms with Crippen molar-refractivity contribution in [3.63, 3.8) is 0 Å². The molecule has 1 saturated carbocycles. The Morgan fingerprint density at radius 2 is 1.82 bits per heavy atom. The zero-order valence-corrected chi connectivity index (χ0v) is 11.4. The van der Waals surface area contributed by atoms with Crippen LogP contribution >= 0.6 is 0 Å². The smallest absolute Gasteiger partial charge is 0.158 e. The van der Waals surface area contributed by atoms with E-state index in [0.717, 1.165) is 18.8 Å². The lowest BCUT2D eigenvalue weighted by molar-refractivity contribution is -0.116. The lowest BCUT2D eigenvalue weighted by Gasteiger charge is -2.22. The van der Waals surface area contributed by atoms with Gasteiger partial charge >= 0.3 is 0 Å². The molecule has 100 valence electrons. The van der Waals surface area contributed by atoms with E-state index in [4.69, 9.17) is 4.74 Å². The van der Waals surface area contributed by atoms with Gasteiger partial charge in [-0.25, -0.2) is 0 Å². The van der Waals surface area contributed by atoms with E-state index in [1.807, 2.05) is 0 Å². The lowest BCUT2D eigenvalue weighted by atomic mass is 9.84. The van der Waals surface area contributed by atoms with Gasteiger partial charge in [0.1, 0.15) is 0 Å². The fraction of sp³-hybridized carbons (Fsp3) is 1.00. The first-order chi connectivity index (χ1) is 8.16. The van der Waals surface area contributed by atoms with E-state index in [1.165, 1.54) is 38.5 Å². The molecule has 0 aromatic rings. The second kappa shape index (κ2) is 6.19. The van der Waals surface area contributed by atoms with Gasteiger partial charge in [0, 0.05) is 5.92 Å². The van der Waals surface area contributed by atoms with Crippen LogP contribution in [0.25, 0.3) is 0 Å². The van der Waals surface area contributed by atoms with E-state index in [0.29, 0.717) is 17.9 Å². The molecule has 1 N–H and O–H groups in total. The maximum absolute atomic E-state index is 9.84. The molecule has 2 rings (SSSR count). The Morgan fingerprint density at radius 1 is 1.12 bits per heavy atom. The molecule has 1 aliphatic heterocycles. The largest absolute Gasteiger partial charge is 0.368 e. The molecule has 0 spiro atoms. The van der Waals surface area contributed by atoms with Gasteiger partial charge in [-0.1, -0.05) is 46.0 Å². The van der Waals surface area contributed by atoms with Crippen LogP contribution in [0.3, 0.4) is 0 Å². The number of aliphatic hydroxyl groups excluding tert-OH is 1. The summed E-state index contributed by atoms with van der Waals surface area (Å²) in [5, 5.41) is 9.84. The van der Waals surface area contributed by atoms with Crippen LogP contribution in [-0.4, -0.2) is 17.5 Å². The molecule has 1 aliphatic carbocycles. The number of hydrogen-bond acceptors (Lipinski definition) is 2. The highest BCUT2D eigenvalue weighted by Crippen LogP contribution is 2.35. The highest BCUT2D eigenvalue weighted by Gasteiger charge is 2.35. The van der Waals surface area contributed by atoms with Crippen LogP contribution in [-0.2, 0) is 4.74 Å². The molecule has 0 aromatic heterocycles. The van der Waals surface area contributed by atoms with Gasteiger partial charge in [0.25, 0.3) is 0 Å². The Kier molecular flexibility index (Phi) is 4.87. The Morgan fingerprint density at radius 3 is 2.41 bits per heavy atom. The van der Waals surface area contributed by atoms with Crippen molar-refractivity contribution in [1.82, 2.24) is 0 Å². The van der Waals surface area contributed by atoms with Crippen LogP contribution in [0.15, 0.2) is 0 Å². The zero-order valence-electron chi connectivity index (χ0n) is 11.4. The van der Waals surface area contributed by atoms with Gasteiger partial charge in [-0.15, -0.1) is 0 Å². The lowest BCUT2D eigenvalue weighted by Crippen LogP contribution is -2.19. The monoisotopic (exact) mass is 240 g/mol. The molecule has 0 aromatic carbocycles. The van der Waals surface area contributed by atoms with Crippen LogP contribution in [0.5, 0.6) is 0 Å². The van der Waals surface area contributed by atoms with Crippen LogP contribution in [0, 0.1) is 17.8 Å². The molecule has 2 aliphatic rings. The van der Waals surface area contributed by atoms with Gasteiger partial charge < -0.3 is 9.84 Å². The first-order valence-corrected chi connectivity index (χ1v) is 7.50. The van der Waals surface area contributed by atoms with Gasteiger partial charge in [-0.3, -0.25) is 0 Å². The van der Waals surface area contributed by atoms with Crippen LogP contribution < -0.4 is 0 Å². The van der Waals surface area contributed by atoms with Gasteiger partial charge in [-0.05, 0) is 31.1 Å². The number of ether oxygens (including phenoxy) is 1. The summed E-state index contributed by atoms with van der Waals surface area (Å²) in [6, 6.07) is 0. The van der Waals surface area contributed by atoms with Crippen LogP contribution in [0.1, 0.15) is 65.2 Å². The van der Waals surface area contributed by atoms with Crippen molar-refractivity contribution in [2.75, 3.05) is 0 Å². The predicted octanol–water partition coefficient (Wildman–Crippen LogP) is 3.73. The number of rotatable bonds is 4. The highest BCUT2D eigenvalue weighted by atomic mass is 16.6. The summed E-state index contributed by atoms with van der Waals surface area (Å²) in [5.41, 5.74) is 0. The number of hydrogen-bond donors (Lipinski definition) is 1. The van der Waals surface area contributed by atoms with Gasteiger partial charge in [0.15, 0.2) is 6.29 Å². The second-order valence-electron chi connectivity index (χ2n) is 6.37. The summed E-state index contributed by atoms with van der Waals surface area (Å²) in [5.74, 6) is 1.82. The maximum Gasteiger partial charge on any atom is 0.158 e. The molecule has 2 nitrogen and oxygen atoms in total. The Hall–Kier alpha value is -0.0800. The fourth-order valence-corrected chi connectivity index (χ4v) is 3.46. The Balaban J connectivity index is 1.70.